The van der Waals surface area contributed by atoms with Crippen molar-refractivity contribution in [1.29, 1.82) is 0 Å². The third kappa shape index (κ3) is 3.08. The second kappa shape index (κ2) is 6.13. The van der Waals surface area contributed by atoms with E-state index < -0.39 is 10.0 Å². The standard InChI is InChI=1S/C14H21NO3S2/c16-20(17,10-6-13-3-2-8-18-13)15-7-1-4-14(15)12-5-9-19-11-12/h5,9,11,13-14H,1-4,6-8,10H2/t13-,14+/m0/s1. The van der Waals surface area contributed by atoms with Gasteiger partial charge in [0.05, 0.1) is 17.9 Å². The van der Waals surface area contributed by atoms with E-state index in [1.54, 1.807) is 15.6 Å². The number of hydrogen-bond acceptors (Lipinski definition) is 4. The third-order valence-corrected chi connectivity index (χ3v) is 6.82. The van der Waals surface area contributed by atoms with Crippen molar-refractivity contribution < 1.29 is 13.2 Å². The molecule has 3 rings (SSSR count). The van der Waals surface area contributed by atoms with Crippen LogP contribution in [0.3, 0.4) is 0 Å². The Morgan fingerprint density at radius 3 is 2.95 bits per heavy atom. The van der Waals surface area contributed by atoms with Gasteiger partial charge in [-0.05, 0) is 54.5 Å². The minimum atomic E-state index is -3.16. The van der Waals surface area contributed by atoms with E-state index in [0.29, 0.717) is 13.0 Å². The van der Waals surface area contributed by atoms with Gasteiger partial charge in [-0.1, -0.05) is 0 Å². The van der Waals surface area contributed by atoms with Crippen LogP contribution in [0.4, 0.5) is 0 Å². The molecule has 0 aromatic carbocycles. The molecule has 20 heavy (non-hydrogen) atoms. The van der Waals surface area contributed by atoms with Gasteiger partial charge in [-0.3, -0.25) is 0 Å². The number of hydrogen-bond donors (Lipinski definition) is 0. The molecule has 4 nitrogen and oxygen atoms in total. The molecule has 0 amide bonds. The molecule has 2 saturated heterocycles. The van der Waals surface area contributed by atoms with Gasteiger partial charge in [0.25, 0.3) is 0 Å². The topological polar surface area (TPSA) is 46.6 Å². The van der Waals surface area contributed by atoms with Crippen molar-refractivity contribution in [2.24, 2.45) is 0 Å². The van der Waals surface area contributed by atoms with Gasteiger partial charge < -0.3 is 4.74 Å². The van der Waals surface area contributed by atoms with Gasteiger partial charge in [0.15, 0.2) is 0 Å². The zero-order chi connectivity index (χ0) is 14.0. The maximum atomic E-state index is 12.6. The molecule has 0 aliphatic carbocycles. The highest BCUT2D eigenvalue weighted by atomic mass is 32.2. The lowest BCUT2D eigenvalue weighted by molar-refractivity contribution is 0.108. The van der Waals surface area contributed by atoms with Gasteiger partial charge >= 0.3 is 0 Å². The zero-order valence-electron chi connectivity index (χ0n) is 11.5. The summed E-state index contributed by atoms with van der Waals surface area (Å²) in [5, 5.41) is 4.09. The van der Waals surface area contributed by atoms with E-state index in [-0.39, 0.29) is 17.9 Å². The number of rotatable bonds is 5. The van der Waals surface area contributed by atoms with Crippen LogP contribution < -0.4 is 0 Å². The Bertz CT molecular complexity index is 521. The molecule has 3 heterocycles. The molecular formula is C14H21NO3S2. The smallest absolute Gasteiger partial charge is 0.214 e. The molecule has 0 radical (unpaired) electrons. The van der Waals surface area contributed by atoms with E-state index in [1.165, 1.54) is 0 Å². The molecule has 2 atom stereocenters. The van der Waals surface area contributed by atoms with Crippen LogP contribution >= 0.6 is 11.3 Å². The Morgan fingerprint density at radius 2 is 2.25 bits per heavy atom. The number of nitrogens with zero attached hydrogens (tertiary/aromatic N) is 1. The van der Waals surface area contributed by atoms with E-state index in [9.17, 15) is 8.42 Å². The molecule has 1 aromatic rings. The highest BCUT2D eigenvalue weighted by molar-refractivity contribution is 7.89. The molecule has 6 heteroatoms. The van der Waals surface area contributed by atoms with Gasteiger partial charge in [0, 0.05) is 13.2 Å². The lowest BCUT2D eigenvalue weighted by Crippen LogP contribution is -2.33. The van der Waals surface area contributed by atoms with Crippen LogP contribution in [0.2, 0.25) is 0 Å². The van der Waals surface area contributed by atoms with E-state index in [4.69, 9.17) is 4.74 Å². The predicted octanol–water partition coefficient (Wildman–Crippen LogP) is 2.78. The minimum Gasteiger partial charge on any atom is -0.378 e. The highest BCUT2D eigenvalue weighted by Crippen LogP contribution is 2.35. The SMILES string of the molecule is O=S(=O)(CC[C@@H]1CCCO1)N1CCC[C@@H]1c1ccsc1. The summed E-state index contributed by atoms with van der Waals surface area (Å²) in [6.45, 7) is 1.44. The van der Waals surface area contributed by atoms with Crippen molar-refractivity contribution in [2.75, 3.05) is 18.9 Å². The molecule has 0 unspecified atom stereocenters. The Hall–Kier alpha value is -0.430. The van der Waals surface area contributed by atoms with Crippen LogP contribution in [0.25, 0.3) is 0 Å². The molecule has 112 valence electrons. The number of sulfonamides is 1. The fourth-order valence-electron chi connectivity index (χ4n) is 3.14. The third-order valence-electron chi connectivity index (χ3n) is 4.21. The average molecular weight is 315 g/mol. The average Bonchev–Trinajstić information content (AvgIpc) is 3.16. The summed E-state index contributed by atoms with van der Waals surface area (Å²) < 4.78 is 32.4. The molecule has 2 aliphatic rings. The first-order chi connectivity index (χ1) is 9.67. The Morgan fingerprint density at radius 1 is 1.35 bits per heavy atom. The van der Waals surface area contributed by atoms with Crippen molar-refractivity contribution in [3.8, 4) is 0 Å². The Labute approximate surface area is 124 Å². The molecule has 1 aromatic heterocycles. The van der Waals surface area contributed by atoms with E-state index in [0.717, 1.165) is 37.9 Å². The summed E-state index contributed by atoms with van der Waals surface area (Å²) in [6.07, 6.45) is 4.74. The lowest BCUT2D eigenvalue weighted by atomic mass is 10.1. The molecule has 2 fully saturated rings. The van der Waals surface area contributed by atoms with Crippen LogP contribution in [-0.4, -0.2) is 37.7 Å². The van der Waals surface area contributed by atoms with Crippen LogP contribution in [0.5, 0.6) is 0 Å². The maximum Gasteiger partial charge on any atom is 0.214 e. The predicted molar refractivity (Wildman–Crippen MR) is 80.4 cm³/mol. The minimum absolute atomic E-state index is 0.0516. The van der Waals surface area contributed by atoms with Crippen LogP contribution in [0, 0.1) is 0 Å². The monoisotopic (exact) mass is 315 g/mol. The van der Waals surface area contributed by atoms with Crippen molar-refractivity contribution in [3.63, 3.8) is 0 Å². The molecule has 0 bridgehead atoms. The first-order valence-electron chi connectivity index (χ1n) is 7.30. The van der Waals surface area contributed by atoms with Gasteiger partial charge in [0.2, 0.25) is 10.0 Å². The highest BCUT2D eigenvalue weighted by Gasteiger charge is 2.35. The van der Waals surface area contributed by atoms with Gasteiger partial charge in [-0.2, -0.15) is 15.6 Å². The van der Waals surface area contributed by atoms with Gasteiger partial charge in [-0.15, -0.1) is 0 Å². The first kappa shape index (κ1) is 14.5. The van der Waals surface area contributed by atoms with E-state index in [2.05, 4.69) is 5.38 Å². The number of ether oxygens (including phenoxy) is 1. The fourth-order valence-corrected chi connectivity index (χ4v) is 5.66. The summed E-state index contributed by atoms with van der Waals surface area (Å²) in [5.74, 6) is 0.221. The zero-order valence-corrected chi connectivity index (χ0v) is 13.2. The maximum absolute atomic E-state index is 12.6. The number of thiophene rings is 1. The second-order valence-corrected chi connectivity index (χ2v) is 8.39. The van der Waals surface area contributed by atoms with Crippen molar-refractivity contribution in [2.45, 2.75) is 44.2 Å². The summed E-state index contributed by atoms with van der Waals surface area (Å²) >= 11 is 1.63. The quantitative estimate of drug-likeness (QED) is 0.839. The molecule has 0 N–H and O–H groups in total. The van der Waals surface area contributed by atoms with Crippen LogP contribution in [0.15, 0.2) is 16.8 Å². The first-order valence-corrected chi connectivity index (χ1v) is 9.85. The fraction of sp³-hybridized carbons (Fsp3) is 0.714. The Balaban J connectivity index is 1.66. The van der Waals surface area contributed by atoms with Gasteiger partial charge in [0.1, 0.15) is 0 Å². The van der Waals surface area contributed by atoms with Crippen molar-refractivity contribution in [3.05, 3.63) is 22.4 Å². The Kier molecular flexibility index (Phi) is 4.45. The van der Waals surface area contributed by atoms with Crippen LogP contribution in [-0.2, 0) is 14.8 Å². The largest absolute Gasteiger partial charge is 0.378 e. The lowest BCUT2D eigenvalue weighted by Gasteiger charge is -2.24. The van der Waals surface area contributed by atoms with Crippen LogP contribution in [0.1, 0.15) is 43.7 Å². The van der Waals surface area contributed by atoms with Crippen molar-refractivity contribution in [1.82, 2.24) is 4.31 Å². The molecular weight excluding hydrogens is 294 g/mol. The summed E-state index contributed by atoms with van der Waals surface area (Å²) in [6, 6.07) is 2.10. The second-order valence-electron chi connectivity index (χ2n) is 5.57. The van der Waals surface area contributed by atoms with E-state index >= 15 is 0 Å². The van der Waals surface area contributed by atoms with Gasteiger partial charge in [-0.25, -0.2) is 8.42 Å². The summed E-state index contributed by atoms with van der Waals surface area (Å²) in [7, 11) is -3.16. The summed E-state index contributed by atoms with van der Waals surface area (Å²) in [4.78, 5) is 0. The molecule has 0 saturated carbocycles. The summed E-state index contributed by atoms with van der Waals surface area (Å²) in [5.41, 5.74) is 1.15. The molecule has 0 spiro atoms. The van der Waals surface area contributed by atoms with E-state index in [1.807, 2.05) is 11.4 Å². The normalized spacial score (nSPS) is 28.2. The molecule has 2 aliphatic heterocycles. The van der Waals surface area contributed by atoms with Crippen molar-refractivity contribution >= 4 is 21.4 Å².